The monoisotopic (exact) mass is 682 g/mol. The second kappa shape index (κ2) is 11.0. The molecule has 8 aromatic carbocycles. The van der Waals surface area contributed by atoms with Crippen molar-refractivity contribution in [2.24, 2.45) is 0 Å². The molecule has 0 bridgehead atoms. The summed E-state index contributed by atoms with van der Waals surface area (Å²) in [5, 5.41) is 7.49. The van der Waals surface area contributed by atoms with Crippen LogP contribution < -0.4 is 15.9 Å². The molecule has 0 N–H and O–H groups in total. The second-order valence-corrected chi connectivity index (χ2v) is 16.4. The van der Waals surface area contributed by atoms with Gasteiger partial charge in [-0.15, -0.1) is 0 Å². The number of benzene rings is 8. The fraction of sp³-hybridized carbons (Fsp3) is 0. The van der Waals surface area contributed by atoms with Gasteiger partial charge in [-0.05, 0) is 89.0 Å². The highest BCUT2D eigenvalue weighted by Gasteiger charge is 2.40. The fourth-order valence-electron chi connectivity index (χ4n) is 8.60. The van der Waals surface area contributed by atoms with Gasteiger partial charge in [0.1, 0.15) is 0 Å². The summed E-state index contributed by atoms with van der Waals surface area (Å²) in [4.78, 5) is 0. The van der Waals surface area contributed by atoms with E-state index in [1.165, 1.54) is 32.8 Å². The van der Waals surface area contributed by atoms with Crippen molar-refractivity contribution in [2.45, 2.75) is 0 Å². The van der Waals surface area contributed by atoms with Gasteiger partial charge in [0, 0.05) is 48.8 Å². The predicted octanol–water partition coefficient (Wildman–Crippen LogP) is 11.2. The van der Waals surface area contributed by atoms with Gasteiger partial charge in [0.2, 0.25) is 0 Å². The van der Waals surface area contributed by atoms with Crippen LogP contribution in [-0.2, 0) is 4.57 Å². The van der Waals surface area contributed by atoms with E-state index in [1.54, 1.807) is 0 Å². The number of aromatic nitrogens is 2. The highest BCUT2D eigenvalue weighted by atomic mass is 31.2. The van der Waals surface area contributed by atoms with Crippen LogP contribution in [0.3, 0.4) is 0 Å². The lowest BCUT2D eigenvalue weighted by molar-refractivity contribution is 0.593. The first-order valence-corrected chi connectivity index (χ1v) is 19.4. The van der Waals surface area contributed by atoms with E-state index in [0.29, 0.717) is 0 Å². The molecule has 4 heteroatoms. The molecule has 244 valence electrons. The molecule has 1 aliphatic heterocycles. The molecule has 0 spiro atoms. The molecule has 0 amide bonds. The van der Waals surface area contributed by atoms with Gasteiger partial charge in [-0.25, -0.2) is 0 Å². The Hall–Kier alpha value is -6.41. The molecule has 1 atom stereocenters. The van der Waals surface area contributed by atoms with Gasteiger partial charge in [0.15, 0.2) is 7.14 Å². The van der Waals surface area contributed by atoms with Gasteiger partial charge in [0.05, 0.1) is 22.1 Å². The zero-order valence-electron chi connectivity index (χ0n) is 28.1. The van der Waals surface area contributed by atoms with Crippen molar-refractivity contribution in [3.63, 3.8) is 0 Å². The largest absolute Gasteiger partial charge is 0.309 e. The minimum Gasteiger partial charge on any atom is -0.309 e. The molecule has 0 radical (unpaired) electrons. The first-order valence-electron chi connectivity index (χ1n) is 17.7. The van der Waals surface area contributed by atoms with Crippen LogP contribution in [0.5, 0.6) is 0 Å². The van der Waals surface area contributed by atoms with Crippen LogP contribution in [0.1, 0.15) is 0 Å². The second-order valence-electron chi connectivity index (χ2n) is 13.7. The number of para-hydroxylation sites is 3. The van der Waals surface area contributed by atoms with Crippen LogP contribution in [-0.4, -0.2) is 9.13 Å². The number of hydrogen-bond acceptors (Lipinski definition) is 1. The topological polar surface area (TPSA) is 26.9 Å². The van der Waals surface area contributed by atoms with Crippen molar-refractivity contribution in [2.75, 3.05) is 0 Å². The van der Waals surface area contributed by atoms with Gasteiger partial charge in [-0.2, -0.15) is 0 Å². The fourth-order valence-corrected chi connectivity index (χ4v) is 11.7. The first kappa shape index (κ1) is 29.3. The van der Waals surface area contributed by atoms with Crippen LogP contribution in [0.25, 0.3) is 77.2 Å². The van der Waals surface area contributed by atoms with Crippen LogP contribution in [0.15, 0.2) is 188 Å². The summed E-state index contributed by atoms with van der Waals surface area (Å²) in [7, 11) is -3.10. The van der Waals surface area contributed by atoms with Gasteiger partial charge >= 0.3 is 0 Å². The van der Waals surface area contributed by atoms with E-state index in [0.717, 1.165) is 60.4 Å². The standard InChI is InChI=1S/C48H31N2OP/c51-52(36-18-8-3-9-19-36)47-23-13-11-21-38(47)42-30-41-40-29-33(25-27-45(40)50(46(41)31-48(42)52)35-16-6-2-7-17-35)32-24-26-44-39(28-32)37-20-10-12-22-43(37)49(44)34-14-4-1-5-15-34/h1-31H. The normalized spacial score (nSPS) is 15.1. The smallest absolute Gasteiger partial charge is 0.172 e. The van der Waals surface area contributed by atoms with E-state index in [2.05, 4.69) is 161 Å². The van der Waals surface area contributed by atoms with E-state index >= 15 is 4.57 Å². The summed E-state index contributed by atoms with van der Waals surface area (Å²) in [6, 6.07) is 66.3. The highest BCUT2D eigenvalue weighted by molar-refractivity contribution is 7.86. The Balaban J connectivity index is 1.17. The summed E-state index contributed by atoms with van der Waals surface area (Å²) < 4.78 is 20.2. The Morgan fingerprint density at radius 2 is 0.846 bits per heavy atom. The van der Waals surface area contributed by atoms with Crippen LogP contribution in [0.4, 0.5) is 0 Å². The molecule has 2 aromatic heterocycles. The number of rotatable bonds is 4. The van der Waals surface area contributed by atoms with E-state index in [9.17, 15) is 0 Å². The number of nitrogens with zero attached hydrogens (tertiary/aromatic N) is 2. The summed E-state index contributed by atoms with van der Waals surface area (Å²) in [5.41, 5.74) is 11.3. The third kappa shape index (κ3) is 4.06. The quantitative estimate of drug-likeness (QED) is 0.170. The predicted molar refractivity (Wildman–Crippen MR) is 219 cm³/mol. The maximum absolute atomic E-state index is 15.5. The van der Waals surface area contributed by atoms with Crippen LogP contribution >= 0.6 is 7.14 Å². The van der Waals surface area contributed by atoms with Crippen molar-refractivity contribution < 1.29 is 4.57 Å². The van der Waals surface area contributed by atoms with Crippen molar-refractivity contribution >= 4 is 66.7 Å². The number of hydrogen-bond donors (Lipinski definition) is 0. The molecular weight excluding hydrogens is 652 g/mol. The molecule has 0 saturated carbocycles. The SMILES string of the molecule is O=P1(c2ccccc2)c2ccccc2-c2cc3c4cc(-c5ccc6c(c5)c5ccccc5n6-c5ccccc5)ccc4n(-c4ccccc4)c3cc21. The van der Waals surface area contributed by atoms with E-state index < -0.39 is 7.14 Å². The van der Waals surface area contributed by atoms with Gasteiger partial charge < -0.3 is 13.7 Å². The van der Waals surface area contributed by atoms with E-state index in [1.807, 2.05) is 36.4 Å². The lowest BCUT2D eigenvalue weighted by Crippen LogP contribution is -2.20. The average Bonchev–Trinajstić information content (AvgIpc) is 3.81. The maximum Gasteiger partial charge on any atom is 0.172 e. The summed E-state index contributed by atoms with van der Waals surface area (Å²) in [6.07, 6.45) is 0. The van der Waals surface area contributed by atoms with Crippen molar-refractivity contribution in [1.82, 2.24) is 9.13 Å². The molecule has 0 aliphatic carbocycles. The zero-order chi connectivity index (χ0) is 34.4. The Kier molecular flexibility index (Phi) is 6.23. The summed E-state index contributed by atoms with van der Waals surface area (Å²) in [5.74, 6) is 0. The number of fused-ring (bicyclic) bond motifs is 9. The molecule has 1 aliphatic rings. The average molecular weight is 683 g/mol. The minimum absolute atomic E-state index is 0.870. The lowest BCUT2D eigenvalue weighted by atomic mass is 9.99. The molecule has 1 unspecified atom stereocenters. The molecule has 11 rings (SSSR count). The lowest BCUT2D eigenvalue weighted by Gasteiger charge is -2.16. The van der Waals surface area contributed by atoms with Gasteiger partial charge in [0.25, 0.3) is 0 Å². The van der Waals surface area contributed by atoms with E-state index in [-0.39, 0.29) is 0 Å². The highest BCUT2D eigenvalue weighted by Crippen LogP contribution is 2.53. The Morgan fingerprint density at radius 3 is 1.52 bits per heavy atom. The summed E-state index contributed by atoms with van der Waals surface area (Å²) >= 11 is 0. The third-order valence-electron chi connectivity index (χ3n) is 10.9. The maximum atomic E-state index is 15.5. The molecule has 0 saturated heterocycles. The van der Waals surface area contributed by atoms with Crippen LogP contribution in [0.2, 0.25) is 0 Å². The van der Waals surface area contributed by atoms with Gasteiger partial charge in [-0.1, -0.05) is 121 Å². The Labute approximate surface area is 301 Å². The molecule has 3 heterocycles. The molecular formula is C48H31N2OP. The summed E-state index contributed by atoms with van der Waals surface area (Å²) in [6.45, 7) is 0. The third-order valence-corrected chi connectivity index (χ3v) is 14.1. The Morgan fingerprint density at radius 1 is 0.346 bits per heavy atom. The van der Waals surface area contributed by atoms with Gasteiger partial charge in [-0.3, -0.25) is 0 Å². The minimum atomic E-state index is -3.10. The molecule has 0 fully saturated rings. The van der Waals surface area contributed by atoms with Crippen molar-refractivity contribution in [3.05, 3.63) is 188 Å². The van der Waals surface area contributed by atoms with Crippen LogP contribution in [0, 0.1) is 0 Å². The molecule has 10 aromatic rings. The molecule has 3 nitrogen and oxygen atoms in total. The van der Waals surface area contributed by atoms with E-state index in [4.69, 9.17) is 0 Å². The molecule has 52 heavy (non-hydrogen) atoms. The first-order chi connectivity index (χ1) is 25.7. The Bertz CT molecular complexity index is 3090. The zero-order valence-corrected chi connectivity index (χ0v) is 29.0. The van der Waals surface area contributed by atoms with Crippen molar-refractivity contribution in [3.8, 4) is 33.6 Å². The van der Waals surface area contributed by atoms with Crippen molar-refractivity contribution in [1.29, 1.82) is 0 Å².